The van der Waals surface area contributed by atoms with Crippen LogP contribution in [0.2, 0.25) is 0 Å². The van der Waals surface area contributed by atoms with E-state index in [1.807, 2.05) is 11.8 Å². The number of thioether (sulfide) groups is 1. The van der Waals surface area contributed by atoms with E-state index >= 15 is 0 Å². The first kappa shape index (κ1) is 12.3. The Hall–Kier alpha value is 0.310. The van der Waals surface area contributed by atoms with Gasteiger partial charge in [0.15, 0.2) is 0 Å². The SMILES string of the molecule is CCCCSCC(N)C(C)(C)C. The van der Waals surface area contributed by atoms with Crippen LogP contribution in [0.5, 0.6) is 0 Å². The Morgan fingerprint density at radius 2 is 1.92 bits per heavy atom. The maximum atomic E-state index is 6.01. The molecule has 0 aliphatic carbocycles. The van der Waals surface area contributed by atoms with Crippen molar-refractivity contribution in [3.05, 3.63) is 0 Å². The highest BCUT2D eigenvalue weighted by molar-refractivity contribution is 7.99. The maximum absolute atomic E-state index is 6.01. The van der Waals surface area contributed by atoms with Crippen LogP contribution in [0.1, 0.15) is 40.5 Å². The van der Waals surface area contributed by atoms with Crippen LogP contribution in [-0.2, 0) is 0 Å². The quantitative estimate of drug-likeness (QED) is 0.673. The van der Waals surface area contributed by atoms with Gasteiger partial charge in [-0.05, 0) is 17.6 Å². The molecule has 0 bridgehead atoms. The van der Waals surface area contributed by atoms with Gasteiger partial charge in [0.2, 0.25) is 0 Å². The first-order valence-electron chi connectivity index (χ1n) is 4.81. The van der Waals surface area contributed by atoms with E-state index in [1.165, 1.54) is 18.6 Å². The van der Waals surface area contributed by atoms with Crippen LogP contribution in [0, 0.1) is 5.41 Å². The third-order valence-electron chi connectivity index (χ3n) is 2.05. The Kier molecular flexibility index (Phi) is 6.02. The number of hydrogen-bond donors (Lipinski definition) is 1. The van der Waals surface area contributed by atoms with E-state index in [2.05, 4.69) is 27.7 Å². The fourth-order valence-corrected chi connectivity index (χ4v) is 2.12. The number of hydrogen-bond acceptors (Lipinski definition) is 2. The first-order chi connectivity index (χ1) is 5.48. The summed E-state index contributed by atoms with van der Waals surface area (Å²) in [5, 5.41) is 0. The van der Waals surface area contributed by atoms with Gasteiger partial charge in [0, 0.05) is 11.8 Å². The second kappa shape index (κ2) is 5.87. The van der Waals surface area contributed by atoms with Crippen molar-refractivity contribution in [1.82, 2.24) is 0 Å². The lowest BCUT2D eigenvalue weighted by Crippen LogP contribution is -2.37. The molecule has 2 N–H and O–H groups in total. The highest BCUT2D eigenvalue weighted by Crippen LogP contribution is 2.20. The van der Waals surface area contributed by atoms with Crippen LogP contribution in [0.4, 0.5) is 0 Å². The molecule has 0 heterocycles. The lowest BCUT2D eigenvalue weighted by atomic mass is 9.89. The van der Waals surface area contributed by atoms with Gasteiger partial charge in [0.1, 0.15) is 0 Å². The molecule has 0 fully saturated rings. The second-order valence-corrected chi connectivity index (χ2v) is 5.55. The number of nitrogens with two attached hydrogens (primary N) is 1. The van der Waals surface area contributed by atoms with Gasteiger partial charge in [0.05, 0.1) is 0 Å². The minimum absolute atomic E-state index is 0.263. The molecule has 2 heteroatoms. The Labute approximate surface area is 81.5 Å². The molecular formula is C10H23NS. The largest absolute Gasteiger partial charge is 0.326 e. The highest BCUT2D eigenvalue weighted by atomic mass is 32.2. The summed E-state index contributed by atoms with van der Waals surface area (Å²) in [5.74, 6) is 2.36. The molecule has 1 atom stereocenters. The number of unbranched alkanes of at least 4 members (excludes halogenated alkanes) is 1. The summed E-state index contributed by atoms with van der Waals surface area (Å²) < 4.78 is 0. The Morgan fingerprint density at radius 3 is 2.33 bits per heavy atom. The van der Waals surface area contributed by atoms with Crippen molar-refractivity contribution in [2.75, 3.05) is 11.5 Å². The van der Waals surface area contributed by atoms with E-state index in [9.17, 15) is 0 Å². The summed E-state index contributed by atoms with van der Waals surface area (Å²) in [6, 6.07) is 0.333. The molecule has 0 amide bonds. The standard InChI is InChI=1S/C10H23NS/c1-5-6-7-12-8-9(11)10(2,3)4/h9H,5-8,11H2,1-4H3. The second-order valence-electron chi connectivity index (χ2n) is 4.40. The van der Waals surface area contributed by atoms with Crippen molar-refractivity contribution < 1.29 is 0 Å². The molecule has 0 aliphatic heterocycles. The lowest BCUT2D eigenvalue weighted by molar-refractivity contribution is 0.344. The van der Waals surface area contributed by atoms with E-state index in [0.29, 0.717) is 6.04 Å². The van der Waals surface area contributed by atoms with Gasteiger partial charge < -0.3 is 5.73 Å². The van der Waals surface area contributed by atoms with Crippen molar-refractivity contribution in [3.63, 3.8) is 0 Å². The zero-order valence-corrected chi connectivity index (χ0v) is 9.71. The van der Waals surface area contributed by atoms with Crippen molar-refractivity contribution >= 4 is 11.8 Å². The molecule has 0 saturated heterocycles. The molecule has 0 aromatic carbocycles. The van der Waals surface area contributed by atoms with Gasteiger partial charge in [-0.1, -0.05) is 34.1 Å². The highest BCUT2D eigenvalue weighted by Gasteiger charge is 2.19. The Balaban J connectivity index is 3.38. The summed E-state index contributed by atoms with van der Waals surface area (Å²) in [4.78, 5) is 0. The van der Waals surface area contributed by atoms with Gasteiger partial charge >= 0.3 is 0 Å². The molecular weight excluding hydrogens is 166 g/mol. The third-order valence-corrected chi connectivity index (χ3v) is 3.22. The van der Waals surface area contributed by atoms with Crippen molar-refractivity contribution in [3.8, 4) is 0 Å². The molecule has 0 aliphatic rings. The molecule has 12 heavy (non-hydrogen) atoms. The monoisotopic (exact) mass is 189 g/mol. The normalized spacial score (nSPS) is 14.8. The van der Waals surface area contributed by atoms with E-state index < -0.39 is 0 Å². The minimum Gasteiger partial charge on any atom is -0.326 e. The van der Waals surface area contributed by atoms with E-state index in [0.717, 1.165) is 5.75 Å². The molecule has 0 saturated carbocycles. The third kappa shape index (κ3) is 5.90. The summed E-state index contributed by atoms with van der Waals surface area (Å²) in [6.07, 6.45) is 2.61. The van der Waals surface area contributed by atoms with Gasteiger partial charge in [0.25, 0.3) is 0 Å². The van der Waals surface area contributed by atoms with Gasteiger partial charge in [-0.25, -0.2) is 0 Å². The summed E-state index contributed by atoms with van der Waals surface area (Å²) in [7, 11) is 0. The molecule has 1 nitrogen and oxygen atoms in total. The fourth-order valence-electron chi connectivity index (χ4n) is 0.707. The van der Waals surface area contributed by atoms with Crippen LogP contribution in [0.15, 0.2) is 0 Å². The van der Waals surface area contributed by atoms with Crippen LogP contribution >= 0.6 is 11.8 Å². The predicted molar refractivity (Wildman–Crippen MR) is 59.7 cm³/mol. The van der Waals surface area contributed by atoms with Gasteiger partial charge in [-0.3, -0.25) is 0 Å². The van der Waals surface area contributed by atoms with Crippen molar-refractivity contribution in [2.24, 2.45) is 11.1 Å². The number of rotatable bonds is 5. The molecule has 0 aromatic rings. The van der Waals surface area contributed by atoms with E-state index in [1.54, 1.807) is 0 Å². The van der Waals surface area contributed by atoms with Gasteiger partial charge in [-0.2, -0.15) is 11.8 Å². The predicted octanol–water partition coefficient (Wildman–Crippen LogP) is 2.89. The molecule has 0 radical (unpaired) electrons. The first-order valence-corrected chi connectivity index (χ1v) is 5.97. The van der Waals surface area contributed by atoms with Crippen molar-refractivity contribution in [2.45, 2.75) is 46.6 Å². The van der Waals surface area contributed by atoms with Crippen LogP contribution < -0.4 is 5.73 Å². The Morgan fingerprint density at radius 1 is 1.33 bits per heavy atom. The molecule has 0 aromatic heterocycles. The maximum Gasteiger partial charge on any atom is 0.0179 e. The average molecular weight is 189 g/mol. The summed E-state index contributed by atoms with van der Waals surface area (Å²) >= 11 is 1.99. The zero-order valence-electron chi connectivity index (χ0n) is 8.89. The summed E-state index contributed by atoms with van der Waals surface area (Å²) in [5.41, 5.74) is 6.28. The van der Waals surface area contributed by atoms with Gasteiger partial charge in [-0.15, -0.1) is 0 Å². The molecule has 74 valence electrons. The zero-order chi connectivity index (χ0) is 9.61. The van der Waals surface area contributed by atoms with Crippen LogP contribution in [-0.4, -0.2) is 17.5 Å². The summed E-state index contributed by atoms with van der Waals surface area (Å²) in [6.45, 7) is 8.85. The molecule has 1 unspecified atom stereocenters. The van der Waals surface area contributed by atoms with E-state index in [-0.39, 0.29) is 5.41 Å². The van der Waals surface area contributed by atoms with E-state index in [4.69, 9.17) is 5.73 Å². The average Bonchev–Trinajstić information content (AvgIpc) is 1.96. The lowest BCUT2D eigenvalue weighted by Gasteiger charge is -2.26. The topological polar surface area (TPSA) is 26.0 Å². The fraction of sp³-hybridized carbons (Fsp3) is 1.00. The van der Waals surface area contributed by atoms with Crippen LogP contribution in [0.25, 0.3) is 0 Å². The smallest absolute Gasteiger partial charge is 0.0179 e. The molecule has 0 spiro atoms. The minimum atomic E-state index is 0.263. The Bertz CT molecular complexity index is 107. The van der Waals surface area contributed by atoms with Crippen molar-refractivity contribution in [1.29, 1.82) is 0 Å². The van der Waals surface area contributed by atoms with Crippen LogP contribution in [0.3, 0.4) is 0 Å². The molecule has 0 rings (SSSR count).